The van der Waals surface area contributed by atoms with Crippen molar-refractivity contribution in [3.63, 3.8) is 0 Å². The molecule has 3 atom stereocenters. The largest absolute Gasteiger partial charge is 0.367 e. The van der Waals surface area contributed by atoms with Crippen molar-refractivity contribution >= 4 is 23.0 Å². The number of hydrogen-bond donors (Lipinski definition) is 0. The third-order valence-corrected chi connectivity index (χ3v) is 7.89. The number of anilines is 2. The lowest BCUT2D eigenvalue weighted by atomic mass is 9.64. The molecular formula is C29H29N3O. The molecule has 0 aliphatic carbocycles. The summed E-state index contributed by atoms with van der Waals surface area (Å²) in [6, 6.07) is 29.4. The molecule has 0 N–H and O–H groups in total. The molecule has 1 amide bonds. The summed E-state index contributed by atoms with van der Waals surface area (Å²) < 4.78 is 0. The van der Waals surface area contributed by atoms with Gasteiger partial charge in [0.25, 0.3) is 5.91 Å². The number of rotatable bonds is 3. The van der Waals surface area contributed by atoms with Gasteiger partial charge in [0.2, 0.25) is 0 Å². The van der Waals surface area contributed by atoms with Gasteiger partial charge in [-0.15, -0.1) is 0 Å². The van der Waals surface area contributed by atoms with E-state index < -0.39 is 5.41 Å². The van der Waals surface area contributed by atoms with E-state index in [9.17, 15) is 4.79 Å². The van der Waals surface area contributed by atoms with Crippen LogP contribution in [-0.2, 0) is 17.6 Å². The lowest BCUT2D eigenvalue weighted by Crippen LogP contribution is -2.62. The second-order valence-electron chi connectivity index (χ2n) is 9.70. The number of carbonyl (C=O) groups excluding carboxylic acids is 1. The highest BCUT2D eigenvalue weighted by atomic mass is 16.2. The summed E-state index contributed by atoms with van der Waals surface area (Å²) >= 11 is 0. The molecule has 3 aliphatic rings. The van der Waals surface area contributed by atoms with Crippen LogP contribution in [0.4, 0.5) is 11.4 Å². The Morgan fingerprint density at radius 3 is 2.42 bits per heavy atom. The topological polar surface area (TPSA) is 35.9 Å². The first-order valence-electron chi connectivity index (χ1n) is 12.0. The molecule has 33 heavy (non-hydrogen) atoms. The van der Waals surface area contributed by atoms with Crippen molar-refractivity contribution in [3.8, 4) is 0 Å². The number of amides is 1. The van der Waals surface area contributed by atoms with Gasteiger partial charge in [0, 0.05) is 18.3 Å². The summed E-state index contributed by atoms with van der Waals surface area (Å²) in [5, 5.41) is 6.52. The Labute approximate surface area is 195 Å². The summed E-state index contributed by atoms with van der Waals surface area (Å²) in [4.78, 5) is 16.7. The van der Waals surface area contributed by atoms with Crippen molar-refractivity contribution < 1.29 is 4.79 Å². The fraction of sp³-hybridized carbons (Fsp3) is 0.310. The van der Waals surface area contributed by atoms with E-state index in [-0.39, 0.29) is 11.9 Å². The van der Waals surface area contributed by atoms with Gasteiger partial charge in [-0.3, -0.25) is 4.79 Å². The first-order valence-corrected chi connectivity index (χ1v) is 12.0. The molecule has 0 radical (unpaired) electrons. The Morgan fingerprint density at radius 1 is 0.939 bits per heavy atom. The van der Waals surface area contributed by atoms with Gasteiger partial charge in [0.1, 0.15) is 5.41 Å². The number of benzene rings is 3. The fourth-order valence-electron chi connectivity index (χ4n) is 6.25. The molecule has 4 nitrogen and oxygen atoms in total. The minimum absolute atomic E-state index is 0.121. The van der Waals surface area contributed by atoms with Crippen LogP contribution in [0.1, 0.15) is 30.9 Å². The van der Waals surface area contributed by atoms with Gasteiger partial charge in [0.05, 0.1) is 11.4 Å². The van der Waals surface area contributed by atoms with E-state index in [4.69, 9.17) is 5.10 Å². The molecule has 1 spiro atoms. The molecule has 4 heteroatoms. The van der Waals surface area contributed by atoms with E-state index in [2.05, 4.69) is 66.4 Å². The molecule has 3 heterocycles. The minimum Gasteiger partial charge on any atom is -0.367 e. The Kier molecular flexibility index (Phi) is 4.83. The summed E-state index contributed by atoms with van der Waals surface area (Å²) in [5.74, 6) is 0.679. The van der Waals surface area contributed by atoms with Gasteiger partial charge < -0.3 is 4.90 Å². The molecule has 1 saturated heterocycles. The van der Waals surface area contributed by atoms with Gasteiger partial charge in [-0.2, -0.15) is 10.1 Å². The first kappa shape index (κ1) is 20.2. The summed E-state index contributed by atoms with van der Waals surface area (Å²) in [6.45, 7) is 3.04. The smallest absolute Gasteiger partial charge is 0.261 e. The number of fused-ring (bicyclic) bond motifs is 4. The SMILES string of the molecule is CC1=NN(c2ccccc2)C(=O)[C@]12Cc1ccccc1N1CC[C@@H](Cc3ccccc3)C[C@@H]12. The second-order valence-corrected chi connectivity index (χ2v) is 9.70. The molecule has 3 aliphatic heterocycles. The zero-order valence-corrected chi connectivity index (χ0v) is 19.0. The predicted molar refractivity (Wildman–Crippen MR) is 134 cm³/mol. The second kappa shape index (κ2) is 7.87. The fourth-order valence-corrected chi connectivity index (χ4v) is 6.25. The van der Waals surface area contributed by atoms with Crippen LogP contribution in [0.5, 0.6) is 0 Å². The van der Waals surface area contributed by atoms with Crippen molar-refractivity contribution in [2.24, 2.45) is 16.4 Å². The normalized spacial score (nSPS) is 26.2. The number of hydrazone groups is 1. The molecule has 1 fully saturated rings. The maximum absolute atomic E-state index is 14.2. The highest BCUT2D eigenvalue weighted by molar-refractivity contribution is 6.20. The molecule has 3 aromatic carbocycles. The number of piperidine rings is 1. The van der Waals surface area contributed by atoms with E-state index in [1.165, 1.54) is 16.8 Å². The van der Waals surface area contributed by atoms with Gasteiger partial charge in [-0.1, -0.05) is 66.7 Å². The van der Waals surface area contributed by atoms with Crippen LogP contribution in [0.15, 0.2) is 90.0 Å². The number of carbonyl (C=O) groups is 1. The molecule has 0 aromatic heterocycles. The van der Waals surface area contributed by atoms with Crippen LogP contribution in [0, 0.1) is 11.3 Å². The van der Waals surface area contributed by atoms with E-state index in [0.29, 0.717) is 5.92 Å². The minimum atomic E-state index is -0.612. The van der Waals surface area contributed by atoms with E-state index in [1.807, 2.05) is 30.3 Å². The van der Waals surface area contributed by atoms with Crippen molar-refractivity contribution in [3.05, 3.63) is 96.1 Å². The zero-order valence-electron chi connectivity index (χ0n) is 19.0. The van der Waals surface area contributed by atoms with Gasteiger partial charge in [0.15, 0.2) is 0 Å². The van der Waals surface area contributed by atoms with Gasteiger partial charge in [-0.05, 0) is 67.9 Å². The monoisotopic (exact) mass is 435 g/mol. The Morgan fingerprint density at radius 2 is 1.64 bits per heavy atom. The maximum atomic E-state index is 14.2. The van der Waals surface area contributed by atoms with Gasteiger partial charge in [-0.25, -0.2) is 0 Å². The van der Waals surface area contributed by atoms with Crippen LogP contribution in [0.3, 0.4) is 0 Å². The lowest BCUT2D eigenvalue weighted by molar-refractivity contribution is -0.125. The van der Waals surface area contributed by atoms with Gasteiger partial charge >= 0.3 is 0 Å². The maximum Gasteiger partial charge on any atom is 0.261 e. The average molecular weight is 436 g/mol. The Hall–Kier alpha value is -3.40. The van der Waals surface area contributed by atoms with Crippen LogP contribution in [0.2, 0.25) is 0 Å². The van der Waals surface area contributed by atoms with Crippen LogP contribution in [0.25, 0.3) is 0 Å². The molecule has 0 bridgehead atoms. The number of hydrogen-bond acceptors (Lipinski definition) is 3. The molecule has 0 saturated carbocycles. The Balaban J connectivity index is 1.40. The van der Waals surface area contributed by atoms with Crippen molar-refractivity contribution in [1.29, 1.82) is 0 Å². The quantitative estimate of drug-likeness (QED) is 0.546. The molecule has 6 rings (SSSR count). The van der Waals surface area contributed by atoms with E-state index in [1.54, 1.807) is 5.01 Å². The number of para-hydroxylation sites is 2. The van der Waals surface area contributed by atoms with E-state index >= 15 is 0 Å². The molecule has 3 aromatic rings. The Bertz CT molecular complexity index is 1210. The van der Waals surface area contributed by atoms with Crippen LogP contribution >= 0.6 is 0 Å². The average Bonchev–Trinajstić information content (AvgIpc) is 3.11. The highest BCUT2D eigenvalue weighted by Crippen LogP contribution is 2.50. The third-order valence-electron chi connectivity index (χ3n) is 7.89. The third kappa shape index (κ3) is 3.19. The zero-order chi connectivity index (χ0) is 22.4. The summed E-state index contributed by atoms with van der Waals surface area (Å²) in [5.41, 5.74) is 5.12. The molecular weight excluding hydrogens is 406 g/mol. The van der Waals surface area contributed by atoms with Crippen molar-refractivity contribution in [2.45, 2.75) is 38.6 Å². The van der Waals surface area contributed by atoms with Crippen molar-refractivity contribution in [1.82, 2.24) is 0 Å². The standard InChI is InChI=1S/C29H29N3O/c1-21-29(28(33)32(30-21)25-13-6-3-7-14-25)20-24-12-8-9-15-26(24)31-17-16-23(19-27(29)31)18-22-10-4-2-5-11-22/h2-15,23,27H,16-20H2,1H3/t23-,27+,29+/m0/s1. The highest BCUT2D eigenvalue weighted by Gasteiger charge is 2.59. The van der Waals surface area contributed by atoms with E-state index in [0.717, 1.165) is 43.6 Å². The molecule has 0 unspecified atom stereocenters. The first-order chi connectivity index (χ1) is 16.2. The molecule has 166 valence electrons. The summed E-state index contributed by atoms with van der Waals surface area (Å²) in [6.07, 6.45) is 3.93. The van der Waals surface area contributed by atoms with Crippen LogP contribution in [-0.4, -0.2) is 24.2 Å². The summed E-state index contributed by atoms with van der Waals surface area (Å²) in [7, 11) is 0. The van der Waals surface area contributed by atoms with Crippen LogP contribution < -0.4 is 9.91 Å². The van der Waals surface area contributed by atoms with Crippen molar-refractivity contribution in [2.75, 3.05) is 16.5 Å². The lowest BCUT2D eigenvalue weighted by Gasteiger charge is -2.52. The number of nitrogens with zero attached hydrogens (tertiary/aromatic N) is 3. The predicted octanol–water partition coefficient (Wildman–Crippen LogP) is 5.48.